The molecule has 3 heterocycles. The van der Waals surface area contributed by atoms with Crippen LogP contribution in [0.25, 0.3) is 17.1 Å². The maximum Gasteiger partial charge on any atom is 0.255 e. The zero-order valence-corrected chi connectivity index (χ0v) is 17.2. The Labute approximate surface area is 174 Å². The molecule has 0 aliphatic heterocycles. The third kappa shape index (κ3) is 4.06. The molecule has 0 radical (unpaired) electrons. The number of hydrogen-bond donors (Lipinski definition) is 1. The van der Waals surface area contributed by atoms with Crippen molar-refractivity contribution >= 4 is 5.91 Å². The zero-order valence-electron chi connectivity index (χ0n) is 17.2. The van der Waals surface area contributed by atoms with Gasteiger partial charge >= 0.3 is 0 Å². The zero-order chi connectivity index (χ0) is 21.1. The van der Waals surface area contributed by atoms with E-state index in [2.05, 4.69) is 10.4 Å². The third-order valence-electron chi connectivity index (χ3n) is 4.90. The lowest BCUT2D eigenvalue weighted by Crippen LogP contribution is -2.34. The quantitative estimate of drug-likeness (QED) is 0.503. The standard InChI is InChI=1S/C23H24N4O3/c1-16-11-12-21(30-16)22-18(15-27(25-22)17-8-5-4-6-9-17)23(28)24-14-19(26(2)3)20-10-7-13-29-20/h4-13,15,19H,14H2,1-3H3,(H,24,28). The highest BCUT2D eigenvalue weighted by Gasteiger charge is 2.23. The average molecular weight is 404 g/mol. The van der Waals surface area contributed by atoms with E-state index in [0.717, 1.165) is 17.2 Å². The predicted octanol–water partition coefficient (Wildman–Crippen LogP) is 4.07. The van der Waals surface area contributed by atoms with Crippen LogP contribution >= 0.6 is 0 Å². The maximum atomic E-state index is 13.1. The number of nitrogens with zero attached hydrogens (tertiary/aromatic N) is 3. The molecule has 30 heavy (non-hydrogen) atoms. The van der Waals surface area contributed by atoms with E-state index in [9.17, 15) is 4.79 Å². The smallest absolute Gasteiger partial charge is 0.255 e. The van der Waals surface area contributed by atoms with Crippen molar-refractivity contribution in [1.82, 2.24) is 20.0 Å². The second kappa shape index (κ2) is 8.42. The van der Waals surface area contributed by atoms with Crippen molar-refractivity contribution in [2.45, 2.75) is 13.0 Å². The van der Waals surface area contributed by atoms with Gasteiger partial charge < -0.3 is 14.2 Å². The molecular weight excluding hydrogens is 380 g/mol. The molecule has 0 saturated heterocycles. The fourth-order valence-corrected chi connectivity index (χ4v) is 3.30. The molecule has 154 valence electrons. The second-order valence-corrected chi connectivity index (χ2v) is 7.29. The average Bonchev–Trinajstić information content (AvgIpc) is 3.49. The van der Waals surface area contributed by atoms with E-state index >= 15 is 0 Å². The number of benzene rings is 1. The molecule has 0 bridgehead atoms. The minimum Gasteiger partial charge on any atom is -0.468 e. The summed E-state index contributed by atoms with van der Waals surface area (Å²) in [6, 6.07) is 17.0. The van der Waals surface area contributed by atoms with Gasteiger partial charge in [-0.15, -0.1) is 0 Å². The number of furan rings is 2. The Bertz CT molecular complexity index is 1110. The van der Waals surface area contributed by atoms with Gasteiger partial charge in [-0.3, -0.25) is 9.69 Å². The number of carbonyl (C=O) groups is 1. The van der Waals surface area contributed by atoms with Crippen molar-refractivity contribution in [3.63, 3.8) is 0 Å². The lowest BCUT2D eigenvalue weighted by atomic mass is 10.1. The molecule has 0 aliphatic carbocycles. The Kier molecular flexibility index (Phi) is 5.54. The Morgan fingerprint density at radius 2 is 1.93 bits per heavy atom. The molecule has 0 fully saturated rings. The van der Waals surface area contributed by atoms with Crippen molar-refractivity contribution in [1.29, 1.82) is 0 Å². The van der Waals surface area contributed by atoms with Gasteiger partial charge in [0.05, 0.1) is 23.6 Å². The summed E-state index contributed by atoms with van der Waals surface area (Å²) in [5.74, 6) is 1.89. The first kappa shape index (κ1) is 19.7. The molecule has 1 N–H and O–H groups in total. The van der Waals surface area contributed by atoms with Crippen LogP contribution in [-0.4, -0.2) is 41.2 Å². The van der Waals surface area contributed by atoms with E-state index in [1.165, 1.54) is 0 Å². The first-order valence-corrected chi connectivity index (χ1v) is 9.73. The van der Waals surface area contributed by atoms with Crippen molar-refractivity contribution in [2.24, 2.45) is 0 Å². The van der Waals surface area contributed by atoms with E-state index in [1.807, 2.05) is 80.5 Å². The predicted molar refractivity (Wildman–Crippen MR) is 113 cm³/mol. The molecule has 1 unspecified atom stereocenters. The summed E-state index contributed by atoms with van der Waals surface area (Å²) in [5.41, 5.74) is 1.82. The van der Waals surface area contributed by atoms with Crippen LogP contribution in [0, 0.1) is 6.92 Å². The number of carbonyl (C=O) groups excluding carboxylic acids is 1. The van der Waals surface area contributed by atoms with Gasteiger partial charge in [0, 0.05) is 12.7 Å². The molecule has 7 nitrogen and oxygen atoms in total. The minimum atomic E-state index is -0.223. The van der Waals surface area contributed by atoms with Gasteiger partial charge in [-0.2, -0.15) is 5.10 Å². The number of aryl methyl sites for hydroxylation is 1. The highest BCUT2D eigenvalue weighted by atomic mass is 16.3. The number of aromatic nitrogens is 2. The largest absolute Gasteiger partial charge is 0.468 e. The lowest BCUT2D eigenvalue weighted by Gasteiger charge is -2.22. The van der Waals surface area contributed by atoms with Crippen molar-refractivity contribution in [2.75, 3.05) is 20.6 Å². The summed E-state index contributed by atoms with van der Waals surface area (Å²) in [5, 5.41) is 7.65. The summed E-state index contributed by atoms with van der Waals surface area (Å²) < 4.78 is 13.0. The normalized spacial score (nSPS) is 12.3. The van der Waals surface area contributed by atoms with Gasteiger partial charge in [-0.05, 0) is 57.4 Å². The van der Waals surface area contributed by atoms with E-state index in [1.54, 1.807) is 17.1 Å². The molecule has 0 aliphatic rings. The third-order valence-corrected chi connectivity index (χ3v) is 4.90. The summed E-state index contributed by atoms with van der Waals surface area (Å²) in [4.78, 5) is 15.1. The minimum absolute atomic E-state index is 0.0811. The molecule has 0 saturated carbocycles. The van der Waals surface area contributed by atoms with Crippen LogP contribution in [-0.2, 0) is 0 Å². The molecule has 0 spiro atoms. The number of likely N-dealkylation sites (N-methyl/N-ethyl adjacent to an activating group) is 1. The van der Waals surface area contributed by atoms with Gasteiger partial charge in [0.2, 0.25) is 0 Å². The van der Waals surface area contributed by atoms with Crippen molar-refractivity contribution < 1.29 is 13.6 Å². The van der Waals surface area contributed by atoms with Gasteiger partial charge in [-0.25, -0.2) is 4.68 Å². The van der Waals surface area contributed by atoms with Gasteiger partial charge in [0.1, 0.15) is 17.2 Å². The molecule has 7 heteroatoms. The number of nitrogens with one attached hydrogen (secondary N) is 1. The highest BCUT2D eigenvalue weighted by molar-refractivity contribution is 5.99. The Morgan fingerprint density at radius 3 is 2.57 bits per heavy atom. The van der Waals surface area contributed by atoms with Crippen LogP contribution in [0.4, 0.5) is 0 Å². The van der Waals surface area contributed by atoms with Crippen LogP contribution < -0.4 is 5.32 Å². The van der Waals surface area contributed by atoms with Gasteiger partial charge in [0.15, 0.2) is 5.76 Å². The summed E-state index contributed by atoms with van der Waals surface area (Å²) >= 11 is 0. The maximum absolute atomic E-state index is 13.1. The van der Waals surface area contributed by atoms with Crippen LogP contribution in [0.1, 0.15) is 27.9 Å². The molecule has 1 amide bonds. The lowest BCUT2D eigenvalue weighted by molar-refractivity contribution is 0.0939. The van der Waals surface area contributed by atoms with Gasteiger partial charge in [0.25, 0.3) is 5.91 Å². The van der Waals surface area contributed by atoms with E-state index in [4.69, 9.17) is 8.83 Å². The van der Waals surface area contributed by atoms with Crippen molar-refractivity contribution in [3.8, 4) is 17.1 Å². The fourth-order valence-electron chi connectivity index (χ4n) is 3.30. The van der Waals surface area contributed by atoms with E-state index in [-0.39, 0.29) is 11.9 Å². The fraction of sp³-hybridized carbons (Fsp3) is 0.217. The number of amides is 1. The number of para-hydroxylation sites is 1. The van der Waals surface area contributed by atoms with Crippen molar-refractivity contribution in [3.05, 3.63) is 84.1 Å². The molecule has 4 rings (SSSR count). The Morgan fingerprint density at radius 1 is 1.13 bits per heavy atom. The Balaban J connectivity index is 1.63. The first-order valence-electron chi connectivity index (χ1n) is 9.73. The SMILES string of the molecule is Cc1ccc(-c2nn(-c3ccccc3)cc2C(=O)NCC(c2ccco2)N(C)C)o1. The van der Waals surface area contributed by atoms with Crippen LogP contribution in [0.2, 0.25) is 0 Å². The monoisotopic (exact) mass is 404 g/mol. The molecule has 4 aromatic rings. The van der Waals surface area contributed by atoms with Crippen LogP contribution in [0.5, 0.6) is 0 Å². The summed E-state index contributed by atoms with van der Waals surface area (Å²) in [6.45, 7) is 2.26. The second-order valence-electron chi connectivity index (χ2n) is 7.29. The van der Waals surface area contributed by atoms with Crippen LogP contribution in [0.15, 0.2) is 75.9 Å². The van der Waals surface area contributed by atoms with E-state index < -0.39 is 0 Å². The highest BCUT2D eigenvalue weighted by Crippen LogP contribution is 2.26. The molecule has 1 atom stereocenters. The first-order chi connectivity index (χ1) is 14.5. The summed E-state index contributed by atoms with van der Waals surface area (Å²) in [7, 11) is 3.90. The number of rotatable bonds is 7. The molecular formula is C23H24N4O3. The topological polar surface area (TPSA) is 76.4 Å². The molecule has 3 aromatic heterocycles. The number of hydrogen-bond acceptors (Lipinski definition) is 5. The van der Waals surface area contributed by atoms with Gasteiger partial charge in [-0.1, -0.05) is 18.2 Å². The molecule has 1 aromatic carbocycles. The van der Waals surface area contributed by atoms with Crippen LogP contribution in [0.3, 0.4) is 0 Å². The summed E-state index contributed by atoms with van der Waals surface area (Å²) in [6.07, 6.45) is 3.37. The Hall–Kier alpha value is -3.58. The van der Waals surface area contributed by atoms with E-state index in [0.29, 0.717) is 23.6 Å².